The maximum atomic E-state index is 11.9. The Kier molecular flexibility index (Phi) is 4.84. The molecule has 0 spiro atoms. The quantitative estimate of drug-likeness (QED) is 0.517. The van der Waals surface area contributed by atoms with Gasteiger partial charge in [-0.25, -0.2) is 4.98 Å². The molecule has 4 heterocycles. The number of nitrogens with one attached hydrogen (secondary N) is 1. The second kappa shape index (κ2) is 8.01. The average Bonchev–Trinajstić information content (AvgIpc) is 3.43. The van der Waals surface area contributed by atoms with Gasteiger partial charge in [0.15, 0.2) is 0 Å². The molecule has 0 atom stereocenters. The predicted molar refractivity (Wildman–Crippen MR) is 128 cm³/mol. The number of rotatable bonds is 4. The minimum Gasteiger partial charge on any atom is -0.381 e. The van der Waals surface area contributed by atoms with Crippen molar-refractivity contribution in [2.75, 3.05) is 30.4 Å². The standard InChI is InChI=1S/C26H25N5O2/c1-33-20-10-13-30(14-11-20)26-27-12-9-22-24(18-7-8-21-19(15-18)16-23(32)28-21)25(29-31(22)26)17-5-3-2-4-6-17/h2-9,12,15,20H,10-11,13-14,16H2,1H3,(H,28,32). The lowest BCUT2D eigenvalue weighted by Crippen LogP contribution is -2.38. The van der Waals surface area contributed by atoms with Gasteiger partial charge in [-0.1, -0.05) is 36.4 Å². The number of anilines is 2. The summed E-state index contributed by atoms with van der Waals surface area (Å²) in [6.45, 7) is 1.76. The molecule has 1 amide bonds. The van der Waals surface area contributed by atoms with E-state index in [9.17, 15) is 4.79 Å². The van der Waals surface area contributed by atoms with Gasteiger partial charge in [0.25, 0.3) is 0 Å². The Hall–Kier alpha value is -3.71. The number of amides is 1. The molecule has 7 nitrogen and oxygen atoms in total. The Balaban J connectivity index is 1.52. The van der Waals surface area contributed by atoms with Gasteiger partial charge in [0.05, 0.1) is 18.0 Å². The van der Waals surface area contributed by atoms with Crippen molar-refractivity contribution in [1.29, 1.82) is 0 Å². The van der Waals surface area contributed by atoms with Crippen LogP contribution in [0.15, 0.2) is 60.8 Å². The summed E-state index contributed by atoms with van der Waals surface area (Å²) in [6, 6.07) is 18.4. The summed E-state index contributed by atoms with van der Waals surface area (Å²) in [5.74, 6) is 0.889. The molecule has 2 aromatic heterocycles. The number of piperidine rings is 1. The van der Waals surface area contributed by atoms with Gasteiger partial charge in [-0.05, 0) is 42.2 Å². The van der Waals surface area contributed by atoms with Crippen LogP contribution in [0, 0.1) is 0 Å². The number of hydrogen-bond acceptors (Lipinski definition) is 5. The molecular weight excluding hydrogens is 414 g/mol. The summed E-state index contributed by atoms with van der Waals surface area (Å²) in [5.41, 5.74) is 6.98. The van der Waals surface area contributed by atoms with E-state index in [1.807, 2.05) is 41.0 Å². The largest absolute Gasteiger partial charge is 0.381 e. The van der Waals surface area contributed by atoms with E-state index in [1.54, 1.807) is 7.11 Å². The van der Waals surface area contributed by atoms with Crippen LogP contribution in [0.25, 0.3) is 27.9 Å². The molecule has 4 aromatic rings. The van der Waals surface area contributed by atoms with Crippen LogP contribution in [0.4, 0.5) is 11.6 Å². The SMILES string of the molecule is COC1CCN(c2nccc3c(-c4ccc5c(c4)CC(=O)N5)c(-c4ccccc4)nn23)CC1. The summed E-state index contributed by atoms with van der Waals surface area (Å²) >= 11 is 0. The van der Waals surface area contributed by atoms with Gasteiger partial charge in [0.2, 0.25) is 11.9 Å². The maximum Gasteiger partial charge on any atom is 0.228 e. The third-order valence-corrected chi connectivity index (χ3v) is 6.66. The lowest BCUT2D eigenvalue weighted by Gasteiger charge is -2.31. The molecule has 2 aromatic carbocycles. The smallest absolute Gasteiger partial charge is 0.228 e. The summed E-state index contributed by atoms with van der Waals surface area (Å²) in [5, 5.41) is 8.01. The van der Waals surface area contributed by atoms with E-state index in [2.05, 4.69) is 34.5 Å². The highest BCUT2D eigenvalue weighted by molar-refractivity contribution is 6.01. The van der Waals surface area contributed by atoms with Crippen LogP contribution >= 0.6 is 0 Å². The van der Waals surface area contributed by atoms with E-state index in [-0.39, 0.29) is 5.91 Å². The van der Waals surface area contributed by atoms with Gasteiger partial charge >= 0.3 is 0 Å². The number of nitrogens with zero attached hydrogens (tertiary/aromatic N) is 4. The van der Waals surface area contributed by atoms with Gasteiger partial charge in [-0.2, -0.15) is 9.61 Å². The van der Waals surface area contributed by atoms with E-state index in [0.29, 0.717) is 12.5 Å². The Morgan fingerprint density at radius 3 is 2.64 bits per heavy atom. The summed E-state index contributed by atoms with van der Waals surface area (Å²) < 4.78 is 7.52. The molecule has 33 heavy (non-hydrogen) atoms. The van der Waals surface area contributed by atoms with Crippen LogP contribution in [-0.2, 0) is 16.0 Å². The van der Waals surface area contributed by atoms with Crippen molar-refractivity contribution in [3.8, 4) is 22.4 Å². The molecule has 1 fully saturated rings. The topological polar surface area (TPSA) is 71.8 Å². The van der Waals surface area contributed by atoms with Gasteiger partial charge in [-0.3, -0.25) is 4.79 Å². The summed E-state index contributed by atoms with van der Waals surface area (Å²) in [6.07, 6.45) is 4.52. The van der Waals surface area contributed by atoms with E-state index in [4.69, 9.17) is 14.8 Å². The highest BCUT2D eigenvalue weighted by Crippen LogP contribution is 2.38. The van der Waals surface area contributed by atoms with Crippen LogP contribution in [0.5, 0.6) is 0 Å². The zero-order valence-electron chi connectivity index (χ0n) is 18.5. The number of ether oxygens (including phenoxy) is 1. The zero-order chi connectivity index (χ0) is 22.4. The molecule has 166 valence electrons. The van der Waals surface area contributed by atoms with Crippen molar-refractivity contribution >= 4 is 23.1 Å². The Morgan fingerprint density at radius 1 is 1.03 bits per heavy atom. The maximum absolute atomic E-state index is 11.9. The number of benzene rings is 2. The number of hydrogen-bond donors (Lipinski definition) is 1. The molecule has 0 radical (unpaired) electrons. The number of carbonyl (C=O) groups is 1. The van der Waals surface area contributed by atoms with Crippen molar-refractivity contribution in [2.24, 2.45) is 0 Å². The highest BCUT2D eigenvalue weighted by atomic mass is 16.5. The first kappa shape index (κ1) is 19.9. The zero-order valence-corrected chi connectivity index (χ0v) is 18.5. The van der Waals surface area contributed by atoms with Crippen LogP contribution in [0.2, 0.25) is 0 Å². The molecule has 0 bridgehead atoms. The number of fused-ring (bicyclic) bond motifs is 2. The molecule has 2 aliphatic heterocycles. The summed E-state index contributed by atoms with van der Waals surface area (Å²) in [4.78, 5) is 18.9. The van der Waals surface area contributed by atoms with Gasteiger partial charge in [0.1, 0.15) is 5.69 Å². The second-order valence-corrected chi connectivity index (χ2v) is 8.65. The number of methoxy groups -OCH3 is 1. The van der Waals surface area contributed by atoms with Crippen molar-refractivity contribution in [2.45, 2.75) is 25.4 Å². The normalized spacial score (nSPS) is 16.3. The van der Waals surface area contributed by atoms with E-state index < -0.39 is 0 Å². The second-order valence-electron chi connectivity index (χ2n) is 8.65. The molecule has 0 aliphatic carbocycles. The molecule has 7 heteroatoms. The first-order chi connectivity index (χ1) is 16.2. The minimum absolute atomic E-state index is 0.0382. The number of carbonyl (C=O) groups excluding carboxylic acids is 1. The molecule has 0 unspecified atom stereocenters. The molecule has 1 N–H and O–H groups in total. The molecule has 2 aliphatic rings. The summed E-state index contributed by atoms with van der Waals surface area (Å²) in [7, 11) is 1.78. The third-order valence-electron chi connectivity index (χ3n) is 6.66. The van der Waals surface area contributed by atoms with Crippen LogP contribution in [0.3, 0.4) is 0 Å². The van der Waals surface area contributed by atoms with Crippen LogP contribution in [-0.4, -0.2) is 46.8 Å². The van der Waals surface area contributed by atoms with E-state index in [1.165, 1.54) is 0 Å². The molecule has 1 saturated heterocycles. The minimum atomic E-state index is 0.0382. The highest BCUT2D eigenvalue weighted by Gasteiger charge is 2.25. The molecule has 0 saturated carbocycles. The van der Waals surface area contributed by atoms with Crippen LogP contribution in [0.1, 0.15) is 18.4 Å². The monoisotopic (exact) mass is 439 g/mol. The first-order valence-corrected chi connectivity index (χ1v) is 11.4. The third kappa shape index (κ3) is 3.45. The fourth-order valence-corrected chi connectivity index (χ4v) is 4.94. The van der Waals surface area contributed by atoms with Gasteiger partial charge in [0, 0.05) is 43.2 Å². The number of aromatic nitrogens is 3. The lowest BCUT2D eigenvalue weighted by atomic mass is 9.97. The molecule has 6 rings (SSSR count). The first-order valence-electron chi connectivity index (χ1n) is 11.4. The molecular formula is C26H25N5O2. The van der Waals surface area contributed by atoms with E-state index in [0.717, 1.165) is 71.0 Å². The van der Waals surface area contributed by atoms with Crippen LogP contribution < -0.4 is 10.2 Å². The van der Waals surface area contributed by atoms with Crippen molar-refractivity contribution < 1.29 is 9.53 Å². The van der Waals surface area contributed by atoms with Gasteiger partial charge in [-0.15, -0.1) is 0 Å². The van der Waals surface area contributed by atoms with Crippen molar-refractivity contribution in [3.05, 3.63) is 66.4 Å². The van der Waals surface area contributed by atoms with Crippen molar-refractivity contribution in [1.82, 2.24) is 14.6 Å². The Labute approximate surface area is 192 Å². The van der Waals surface area contributed by atoms with E-state index >= 15 is 0 Å². The fourth-order valence-electron chi connectivity index (χ4n) is 4.94. The fraction of sp³-hybridized carbons (Fsp3) is 0.269. The Bertz CT molecular complexity index is 1340. The average molecular weight is 440 g/mol. The Morgan fingerprint density at radius 2 is 1.85 bits per heavy atom. The van der Waals surface area contributed by atoms with Gasteiger partial charge < -0.3 is 15.0 Å². The lowest BCUT2D eigenvalue weighted by molar-refractivity contribution is -0.115. The van der Waals surface area contributed by atoms with Crippen molar-refractivity contribution in [3.63, 3.8) is 0 Å². The predicted octanol–water partition coefficient (Wildman–Crippen LogP) is 4.17.